The maximum atomic E-state index is 12.5. The zero-order valence-electron chi connectivity index (χ0n) is 15.0. The van der Waals surface area contributed by atoms with Gasteiger partial charge in [-0.05, 0) is 36.4 Å². The Morgan fingerprint density at radius 3 is 2.59 bits per heavy atom. The summed E-state index contributed by atoms with van der Waals surface area (Å²) in [5.41, 5.74) is 0.945. The van der Waals surface area contributed by atoms with Crippen LogP contribution in [0, 0.1) is 0 Å². The van der Waals surface area contributed by atoms with Gasteiger partial charge in [-0.1, -0.05) is 37.1 Å². The van der Waals surface area contributed by atoms with Gasteiger partial charge in [-0.2, -0.15) is 0 Å². The van der Waals surface area contributed by atoms with Gasteiger partial charge >= 0.3 is 11.9 Å². The van der Waals surface area contributed by atoms with Gasteiger partial charge in [0, 0.05) is 29.5 Å². The van der Waals surface area contributed by atoms with Crippen LogP contribution in [0.3, 0.4) is 0 Å². The molecule has 0 spiro atoms. The molecule has 7 nitrogen and oxygen atoms in total. The summed E-state index contributed by atoms with van der Waals surface area (Å²) in [5, 5.41) is 3.26. The summed E-state index contributed by atoms with van der Waals surface area (Å²) in [6.45, 7) is 0. The van der Waals surface area contributed by atoms with Gasteiger partial charge in [-0.15, -0.1) is 0 Å². The van der Waals surface area contributed by atoms with E-state index in [4.69, 9.17) is 9.15 Å². The molecule has 4 aromatic rings. The lowest BCUT2D eigenvalue weighted by Gasteiger charge is -2.14. The minimum absolute atomic E-state index is 0.0145. The molecule has 0 saturated heterocycles. The number of anilines is 1. The molecule has 0 aliphatic heterocycles. The summed E-state index contributed by atoms with van der Waals surface area (Å²) in [4.78, 5) is 28.9. The maximum absolute atomic E-state index is 12.5. The average Bonchev–Trinajstić information content (AvgIpc) is 3.18. The third-order valence-electron chi connectivity index (χ3n) is 3.98. The summed E-state index contributed by atoms with van der Waals surface area (Å²) < 4.78 is 11.8. The van der Waals surface area contributed by atoms with Gasteiger partial charge in [0.05, 0.1) is 0 Å². The van der Waals surface area contributed by atoms with Crippen LogP contribution in [0.25, 0.3) is 11.0 Å². The fourth-order valence-electron chi connectivity index (χ4n) is 2.62. The van der Waals surface area contributed by atoms with Crippen molar-refractivity contribution < 1.29 is 18.7 Å². The molecule has 144 valence electrons. The van der Waals surface area contributed by atoms with E-state index in [-0.39, 0.29) is 5.76 Å². The Morgan fingerprint density at radius 1 is 1.00 bits per heavy atom. The number of carbonyl (C=O) groups excluding carboxylic acids is 2. The van der Waals surface area contributed by atoms with Crippen LogP contribution >= 0.6 is 12.8 Å². The normalized spacial score (nSPS) is 10.5. The molecular formula is C21H15N3O4S. The number of furan rings is 1. The summed E-state index contributed by atoms with van der Waals surface area (Å²) in [5.74, 6) is 0.496. The second-order valence-electron chi connectivity index (χ2n) is 6.01. The van der Waals surface area contributed by atoms with Gasteiger partial charge in [0.1, 0.15) is 17.1 Å². The second kappa shape index (κ2) is 8.07. The van der Waals surface area contributed by atoms with Gasteiger partial charge in [0.2, 0.25) is 0 Å². The number of imide groups is 1. The Kier molecular flexibility index (Phi) is 5.17. The largest absolute Gasteiger partial charge is 0.457 e. The minimum atomic E-state index is -0.728. The van der Waals surface area contributed by atoms with Crippen molar-refractivity contribution in [3.63, 3.8) is 0 Å². The van der Waals surface area contributed by atoms with Gasteiger partial charge in [-0.25, -0.2) is 9.10 Å². The van der Waals surface area contributed by atoms with Gasteiger partial charge in [-0.3, -0.25) is 9.78 Å². The van der Waals surface area contributed by atoms with E-state index in [9.17, 15) is 9.59 Å². The van der Waals surface area contributed by atoms with Crippen molar-refractivity contribution in [3.05, 3.63) is 84.9 Å². The average molecular weight is 405 g/mol. The van der Waals surface area contributed by atoms with E-state index in [2.05, 4.69) is 23.1 Å². The summed E-state index contributed by atoms with van der Waals surface area (Å²) in [6.07, 6.45) is 3.12. The lowest BCUT2D eigenvalue weighted by Crippen LogP contribution is -2.32. The maximum Gasteiger partial charge on any atom is 0.339 e. The summed E-state index contributed by atoms with van der Waals surface area (Å²) >= 11 is 4.01. The lowest BCUT2D eigenvalue weighted by atomic mass is 10.3. The van der Waals surface area contributed by atoms with Crippen molar-refractivity contribution in [3.8, 4) is 11.5 Å². The van der Waals surface area contributed by atoms with Crippen LogP contribution in [-0.2, 0) is 0 Å². The van der Waals surface area contributed by atoms with Crippen LogP contribution in [0.4, 0.5) is 10.5 Å². The fraction of sp³-hybridized carbons (Fsp3) is 0. The molecular weight excluding hydrogens is 390 g/mol. The number of amides is 3. The van der Waals surface area contributed by atoms with E-state index in [1.807, 2.05) is 30.3 Å². The molecule has 0 fully saturated rings. The SMILES string of the molecule is O=C(Nc1cccc(Oc2ccccc2)c1)N(S)C(=O)c1cc2cnccc2o1. The number of ether oxygens (including phenoxy) is 1. The van der Waals surface area contributed by atoms with E-state index in [0.717, 1.165) is 0 Å². The number of nitrogens with zero attached hydrogens (tertiary/aromatic N) is 2. The number of nitrogens with one attached hydrogen (secondary N) is 1. The number of hydrogen-bond acceptors (Lipinski definition) is 6. The fourth-order valence-corrected chi connectivity index (χ4v) is 2.77. The van der Waals surface area contributed by atoms with Gasteiger partial charge in [0.15, 0.2) is 5.76 Å². The minimum Gasteiger partial charge on any atom is -0.457 e. The number of thiol groups is 1. The first-order valence-corrected chi connectivity index (χ1v) is 9.01. The number of rotatable bonds is 4. The molecule has 0 saturated carbocycles. The topological polar surface area (TPSA) is 84.7 Å². The zero-order valence-corrected chi connectivity index (χ0v) is 15.9. The predicted octanol–water partition coefficient (Wildman–Crippen LogP) is 5.14. The number of hydrogen-bond donors (Lipinski definition) is 2. The number of pyridine rings is 1. The number of aromatic nitrogens is 1. The van der Waals surface area contributed by atoms with Gasteiger partial charge < -0.3 is 14.5 Å². The number of carbonyl (C=O) groups is 2. The summed E-state index contributed by atoms with van der Waals surface area (Å²) in [7, 11) is 0. The van der Waals surface area contributed by atoms with Crippen LogP contribution in [0.5, 0.6) is 11.5 Å². The molecule has 2 heterocycles. The number of para-hydroxylation sites is 1. The molecule has 0 radical (unpaired) electrons. The Morgan fingerprint density at radius 2 is 1.79 bits per heavy atom. The van der Waals surface area contributed by atoms with E-state index in [1.54, 1.807) is 42.7 Å². The van der Waals surface area contributed by atoms with Crippen molar-refractivity contribution in [2.45, 2.75) is 0 Å². The van der Waals surface area contributed by atoms with E-state index in [1.165, 1.54) is 6.07 Å². The Labute approximate surface area is 171 Å². The van der Waals surface area contributed by atoms with Crippen LogP contribution in [0.15, 0.2) is 83.5 Å². The Hall–Kier alpha value is -3.78. The van der Waals surface area contributed by atoms with Crippen molar-refractivity contribution in [2.24, 2.45) is 0 Å². The van der Waals surface area contributed by atoms with Crippen LogP contribution in [-0.4, -0.2) is 21.2 Å². The number of urea groups is 1. The predicted molar refractivity (Wildman–Crippen MR) is 111 cm³/mol. The highest BCUT2D eigenvalue weighted by atomic mass is 32.1. The second-order valence-corrected chi connectivity index (χ2v) is 6.41. The Bertz CT molecular complexity index is 1140. The van der Waals surface area contributed by atoms with Crippen molar-refractivity contribution in [1.82, 2.24) is 9.29 Å². The lowest BCUT2D eigenvalue weighted by molar-refractivity contribution is 0.0875. The number of benzene rings is 2. The first-order chi connectivity index (χ1) is 14.1. The molecule has 0 aliphatic carbocycles. The van der Waals surface area contributed by atoms with Gasteiger partial charge in [0.25, 0.3) is 0 Å². The molecule has 2 aromatic carbocycles. The molecule has 1 N–H and O–H groups in total. The van der Waals surface area contributed by atoms with Crippen molar-refractivity contribution in [2.75, 3.05) is 5.32 Å². The Balaban J connectivity index is 1.45. The molecule has 0 atom stereocenters. The zero-order chi connectivity index (χ0) is 20.2. The van der Waals surface area contributed by atoms with Crippen LogP contribution in [0.2, 0.25) is 0 Å². The molecule has 4 rings (SSSR count). The van der Waals surface area contributed by atoms with Crippen molar-refractivity contribution >= 4 is 41.4 Å². The van der Waals surface area contributed by atoms with Crippen molar-refractivity contribution in [1.29, 1.82) is 0 Å². The first kappa shape index (κ1) is 18.6. The molecule has 8 heteroatoms. The van der Waals surface area contributed by atoms with E-state index in [0.29, 0.717) is 32.5 Å². The molecule has 29 heavy (non-hydrogen) atoms. The molecule has 0 bridgehead atoms. The third kappa shape index (κ3) is 4.22. The van der Waals surface area contributed by atoms with Crippen LogP contribution < -0.4 is 10.1 Å². The summed E-state index contributed by atoms with van der Waals surface area (Å²) in [6, 6.07) is 18.5. The molecule has 0 unspecified atom stereocenters. The van der Waals surface area contributed by atoms with Crippen LogP contribution in [0.1, 0.15) is 10.6 Å². The molecule has 3 amide bonds. The smallest absolute Gasteiger partial charge is 0.339 e. The monoisotopic (exact) mass is 405 g/mol. The highest BCUT2D eigenvalue weighted by Crippen LogP contribution is 2.25. The first-order valence-electron chi connectivity index (χ1n) is 8.61. The third-order valence-corrected chi connectivity index (χ3v) is 4.34. The quantitative estimate of drug-likeness (QED) is 0.459. The highest BCUT2D eigenvalue weighted by molar-refractivity contribution is 7.79. The van der Waals surface area contributed by atoms with E-state index < -0.39 is 11.9 Å². The standard InChI is InChI=1S/C21H15N3O4S/c25-20(19-11-14-13-22-10-9-18(14)28-19)24(29)21(26)23-15-5-4-8-17(12-15)27-16-6-2-1-3-7-16/h1-13,29H,(H,23,26). The van der Waals surface area contributed by atoms with E-state index >= 15 is 0 Å². The highest BCUT2D eigenvalue weighted by Gasteiger charge is 2.23. The number of fused-ring (bicyclic) bond motifs is 1. The molecule has 0 aliphatic rings. The molecule has 2 aromatic heterocycles.